The van der Waals surface area contributed by atoms with Gasteiger partial charge in [0, 0.05) is 17.8 Å². The number of nitrogens with one attached hydrogen (secondary N) is 1. The summed E-state index contributed by atoms with van der Waals surface area (Å²) in [6.07, 6.45) is 0. The number of carboxylic acid groups (broad SMARTS) is 2. The van der Waals surface area contributed by atoms with Crippen LogP contribution < -0.4 is 14.8 Å². The minimum atomic E-state index is -1.41. The summed E-state index contributed by atoms with van der Waals surface area (Å²) in [5, 5.41) is 31.7. The molecule has 0 heterocycles. The van der Waals surface area contributed by atoms with Crippen LogP contribution in [-0.2, 0) is 4.79 Å². The van der Waals surface area contributed by atoms with E-state index in [1.54, 1.807) is 18.2 Å². The molecule has 0 bridgehead atoms. The number of benzene rings is 3. The number of carbonyl (C=O) groups is 3. The lowest BCUT2D eigenvalue weighted by atomic mass is 10.1. The Labute approximate surface area is 186 Å². The van der Waals surface area contributed by atoms with Crippen LogP contribution in [0.3, 0.4) is 0 Å². The van der Waals surface area contributed by atoms with Gasteiger partial charge in [-0.25, -0.2) is 9.59 Å². The molecule has 3 aromatic carbocycles. The molecule has 0 saturated heterocycles. The van der Waals surface area contributed by atoms with E-state index in [-0.39, 0.29) is 28.5 Å². The Morgan fingerprint density at radius 1 is 0.848 bits per heavy atom. The predicted octanol–water partition coefficient (Wildman–Crippen LogP) is 3.80. The van der Waals surface area contributed by atoms with Gasteiger partial charge < -0.3 is 25.0 Å². The van der Waals surface area contributed by atoms with Crippen LogP contribution in [0, 0.1) is 10.1 Å². The normalized spacial score (nSPS) is 10.2. The number of aromatic carboxylic acids is 2. The first-order valence-electron chi connectivity index (χ1n) is 9.28. The minimum Gasteiger partial charge on any atom is -0.484 e. The van der Waals surface area contributed by atoms with Crippen molar-refractivity contribution in [1.82, 2.24) is 0 Å². The van der Waals surface area contributed by atoms with Crippen LogP contribution in [0.4, 0.5) is 11.4 Å². The van der Waals surface area contributed by atoms with Crippen LogP contribution >= 0.6 is 0 Å². The van der Waals surface area contributed by atoms with E-state index < -0.39 is 34.9 Å². The molecule has 3 rings (SSSR count). The lowest BCUT2D eigenvalue weighted by molar-refractivity contribution is -0.384. The summed E-state index contributed by atoms with van der Waals surface area (Å²) in [7, 11) is 0. The number of anilines is 1. The largest absolute Gasteiger partial charge is 0.484 e. The summed E-state index contributed by atoms with van der Waals surface area (Å²) in [4.78, 5) is 44.8. The number of ether oxygens (including phenoxy) is 2. The standard InChI is InChI=1S/C22H16N2O9/c25-20(12-32-15-5-2-4-14(10-15)24(30)31)23-13-3-1-6-16(9-13)33-17-7-8-18(21(26)27)19(11-17)22(28)29/h1-11H,12H2,(H,23,25)(H,26,27)(H,28,29). The van der Waals surface area contributed by atoms with E-state index in [0.717, 1.165) is 12.1 Å². The van der Waals surface area contributed by atoms with Gasteiger partial charge in [-0.1, -0.05) is 12.1 Å². The number of amides is 1. The number of nitrogens with zero attached hydrogens (tertiary/aromatic N) is 1. The van der Waals surface area contributed by atoms with Gasteiger partial charge in [-0.2, -0.15) is 0 Å². The Morgan fingerprint density at radius 3 is 2.21 bits per heavy atom. The average Bonchev–Trinajstić information content (AvgIpc) is 2.78. The van der Waals surface area contributed by atoms with E-state index in [1.165, 1.54) is 36.4 Å². The molecule has 0 fully saturated rings. The predicted molar refractivity (Wildman–Crippen MR) is 114 cm³/mol. The molecule has 0 aliphatic carbocycles. The first kappa shape index (κ1) is 22.7. The SMILES string of the molecule is O=C(COc1cccc([N+](=O)[O-])c1)Nc1cccc(Oc2ccc(C(=O)O)c(C(=O)O)c2)c1. The summed E-state index contributed by atoms with van der Waals surface area (Å²) in [5.74, 6) is -2.81. The maximum absolute atomic E-state index is 12.2. The fourth-order valence-electron chi connectivity index (χ4n) is 2.76. The molecule has 1 amide bonds. The molecule has 33 heavy (non-hydrogen) atoms. The first-order valence-corrected chi connectivity index (χ1v) is 9.28. The molecule has 0 saturated carbocycles. The molecule has 3 aromatic rings. The molecule has 11 nitrogen and oxygen atoms in total. The van der Waals surface area contributed by atoms with E-state index in [2.05, 4.69) is 5.32 Å². The van der Waals surface area contributed by atoms with Crippen molar-refractivity contribution in [1.29, 1.82) is 0 Å². The van der Waals surface area contributed by atoms with E-state index in [1.807, 2.05) is 0 Å². The number of hydrogen-bond acceptors (Lipinski definition) is 7. The van der Waals surface area contributed by atoms with Crippen LogP contribution in [0.25, 0.3) is 0 Å². The van der Waals surface area contributed by atoms with Crippen molar-refractivity contribution < 1.29 is 39.0 Å². The fourth-order valence-corrected chi connectivity index (χ4v) is 2.76. The van der Waals surface area contributed by atoms with Gasteiger partial charge in [-0.05, 0) is 36.4 Å². The Bertz CT molecular complexity index is 1240. The second kappa shape index (κ2) is 9.92. The van der Waals surface area contributed by atoms with Crippen LogP contribution in [0.2, 0.25) is 0 Å². The van der Waals surface area contributed by atoms with Crippen LogP contribution in [-0.4, -0.2) is 39.6 Å². The van der Waals surface area contributed by atoms with Gasteiger partial charge in [-0.3, -0.25) is 14.9 Å². The maximum Gasteiger partial charge on any atom is 0.336 e. The molecule has 0 spiro atoms. The molecule has 0 unspecified atom stereocenters. The zero-order valence-electron chi connectivity index (χ0n) is 16.8. The Kier molecular flexibility index (Phi) is 6.84. The maximum atomic E-state index is 12.2. The second-order valence-electron chi connectivity index (χ2n) is 6.54. The number of carboxylic acids is 2. The minimum absolute atomic E-state index is 0.0925. The van der Waals surface area contributed by atoms with Crippen molar-refractivity contribution in [2.45, 2.75) is 0 Å². The monoisotopic (exact) mass is 452 g/mol. The molecule has 168 valence electrons. The highest BCUT2D eigenvalue weighted by Gasteiger charge is 2.17. The zero-order chi connectivity index (χ0) is 24.0. The molecular formula is C22H16N2O9. The zero-order valence-corrected chi connectivity index (χ0v) is 16.8. The van der Waals surface area contributed by atoms with Crippen molar-refractivity contribution >= 4 is 29.2 Å². The molecule has 0 radical (unpaired) electrons. The molecule has 0 atom stereocenters. The van der Waals surface area contributed by atoms with Crippen LogP contribution in [0.5, 0.6) is 17.2 Å². The highest BCUT2D eigenvalue weighted by Crippen LogP contribution is 2.26. The molecule has 0 aliphatic heterocycles. The van der Waals surface area contributed by atoms with Gasteiger partial charge in [-0.15, -0.1) is 0 Å². The van der Waals surface area contributed by atoms with Crippen molar-refractivity contribution in [3.8, 4) is 17.2 Å². The number of nitro benzene ring substituents is 1. The number of hydrogen-bond donors (Lipinski definition) is 3. The lowest BCUT2D eigenvalue weighted by Crippen LogP contribution is -2.20. The lowest BCUT2D eigenvalue weighted by Gasteiger charge is -2.11. The van der Waals surface area contributed by atoms with Gasteiger partial charge >= 0.3 is 11.9 Å². The molecule has 0 aromatic heterocycles. The van der Waals surface area contributed by atoms with E-state index in [9.17, 15) is 29.6 Å². The smallest absolute Gasteiger partial charge is 0.336 e. The quantitative estimate of drug-likeness (QED) is 0.323. The van der Waals surface area contributed by atoms with Crippen molar-refractivity contribution in [2.24, 2.45) is 0 Å². The summed E-state index contributed by atoms with van der Waals surface area (Å²) in [6, 6.07) is 15.1. The molecular weight excluding hydrogens is 436 g/mol. The number of carbonyl (C=O) groups excluding carboxylic acids is 1. The van der Waals surface area contributed by atoms with Crippen LogP contribution in [0.15, 0.2) is 66.7 Å². The van der Waals surface area contributed by atoms with E-state index in [0.29, 0.717) is 5.69 Å². The fraction of sp³-hybridized carbons (Fsp3) is 0.0455. The highest BCUT2D eigenvalue weighted by molar-refractivity contribution is 6.02. The van der Waals surface area contributed by atoms with Gasteiger partial charge in [0.2, 0.25) is 0 Å². The number of non-ortho nitro benzene ring substituents is 1. The van der Waals surface area contributed by atoms with Crippen molar-refractivity contribution in [2.75, 3.05) is 11.9 Å². The second-order valence-corrected chi connectivity index (χ2v) is 6.54. The Hall–Kier alpha value is -4.93. The van der Waals surface area contributed by atoms with Gasteiger partial charge in [0.1, 0.15) is 17.2 Å². The summed E-state index contributed by atoms with van der Waals surface area (Å²) < 4.78 is 10.9. The summed E-state index contributed by atoms with van der Waals surface area (Å²) in [5.41, 5.74) is -0.622. The third kappa shape index (κ3) is 6.04. The van der Waals surface area contributed by atoms with E-state index >= 15 is 0 Å². The Balaban J connectivity index is 1.65. The average molecular weight is 452 g/mol. The van der Waals surface area contributed by atoms with Gasteiger partial charge in [0.15, 0.2) is 6.61 Å². The van der Waals surface area contributed by atoms with Crippen molar-refractivity contribution in [3.63, 3.8) is 0 Å². The van der Waals surface area contributed by atoms with E-state index in [4.69, 9.17) is 14.6 Å². The number of rotatable bonds is 9. The summed E-state index contributed by atoms with van der Waals surface area (Å²) in [6.45, 7) is -0.398. The highest BCUT2D eigenvalue weighted by atomic mass is 16.6. The number of nitro groups is 1. The molecule has 3 N–H and O–H groups in total. The Morgan fingerprint density at radius 2 is 1.52 bits per heavy atom. The third-order valence-electron chi connectivity index (χ3n) is 4.20. The third-order valence-corrected chi connectivity index (χ3v) is 4.20. The molecule has 11 heteroatoms. The first-order chi connectivity index (χ1) is 15.7. The van der Waals surface area contributed by atoms with Gasteiger partial charge in [0.25, 0.3) is 11.6 Å². The van der Waals surface area contributed by atoms with Crippen molar-refractivity contribution in [3.05, 3.63) is 88.0 Å². The van der Waals surface area contributed by atoms with Gasteiger partial charge in [0.05, 0.1) is 22.1 Å². The topological polar surface area (TPSA) is 165 Å². The van der Waals surface area contributed by atoms with Crippen LogP contribution in [0.1, 0.15) is 20.7 Å². The molecule has 0 aliphatic rings. The summed E-state index contributed by atoms with van der Waals surface area (Å²) >= 11 is 0.